The van der Waals surface area contributed by atoms with E-state index >= 15 is 0 Å². The second-order valence-corrected chi connectivity index (χ2v) is 8.82. The molecule has 3 nitrogen and oxygen atoms in total. The number of aliphatic carboxylic acids is 1. The number of hydrogen-bond donors (Lipinski definition) is 2. The van der Waals surface area contributed by atoms with E-state index in [0.717, 1.165) is 23.2 Å². The van der Waals surface area contributed by atoms with Crippen molar-refractivity contribution in [3.05, 3.63) is 20.8 Å². The Balaban J connectivity index is 1.99. The molecule has 1 saturated carbocycles. The summed E-state index contributed by atoms with van der Waals surface area (Å²) in [6, 6.07) is 4.58. The third-order valence-electron chi connectivity index (χ3n) is 4.91. The molecule has 1 heterocycles. The molecule has 3 unspecified atom stereocenters. The fraction of sp³-hybridized carbons (Fsp3) is 0.667. The van der Waals surface area contributed by atoms with Crippen molar-refractivity contribution in [3.63, 3.8) is 0 Å². The third-order valence-corrected chi connectivity index (χ3v) is 6.53. The van der Waals surface area contributed by atoms with Crippen LogP contribution in [-0.2, 0) is 11.3 Å². The topological polar surface area (TPSA) is 49.3 Å². The van der Waals surface area contributed by atoms with Crippen molar-refractivity contribution in [2.24, 2.45) is 17.3 Å². The summed E-state index contributed by atoms with van der Waals surface area (Å²) in [5.74, 6) is -0.533. The molecule has 0 aliphatic heterocycles. The second kappa shape index (κ2) is 6.16. The molecular weight excluding hydrogens is 338 g/mol. The van der Waals surface area contributed by atoms with Crippen LogP contribution in [0, 0.1) is 17.3 Å². The van der Waals surface area contributed by atoms with Crippen LogP contribution in [0.3, 0.4) is 0 Å². The lowest BCUT2D eigenvalue weighted by Crippen LogP contribution is -2.50. The molecule has 1 aliphatic carbocycles. The zero-order chi connectivity index (χ0) is 14.9. The number of hydrogen-bond acceptors (Lipinski definition) is 3. The summed E-state index contributed by atoms with van der Waals surface area (Å²) < 4.78 is 1.15. The minimum absolute atomic E-state index is 0.169. The Bertz CT molecular complexity index is 486. The number of thiophene rings is 1. The lowest BCUT2D eigenvalue weighted by atomic mass is 9.61. The van der Waals surface area contributed by atoms with Gasteiger partial charge in [0.05, 0.1) is 9.70 Å². The van der Waals surface area contributed by atoms with Gasteiger partial charge in [0.15, 0.2) is 0 Å². The molecule has 1 aromatic heterocycles. The largest absolute Gasteiger partial charge is 0.481 e. The van der Waals surface area contributed by atoms with Gasteiger partial charge in [-0.05, 0) is 52.2 Å². The Kier molecular flexibility index (Phi) is 4.92. The number of halogens is 1. The molecular formula is C15H22BrNO2S. The summed E-state index contributed by atoms with van der Waals surface area (Å²) in [5.41, 5.74) is -0.169. The van der Waals surface area contributed by atoms with Gasteiger partial charge in [0.1, 0.15) is 0 Å². The lowest BCUT2D eigenvalue weighted by molar-refractivity contribution is -0.150. The first-order chi connectivity index (χ1) is 9.32. The number of carboxylic acids is 1. The minimum Gasteiger partial charge on any atom is -0.481 e. The van der Waals surface area contributed by atoms with E-state index in [1.165, 1.54) is 4.88 Å². The van der Waals surface area contributed by atoms with Crippen molar-refractivity contribution < 1.29 is 9.90 Å². The maximum absolute atomic E-state index is 11.4. The van der Waals surface area contributed by atoms with E-state index in [9.17, 15) is 9.90 Å². The quantitative estimate of drug-likeness (QED) is 0.849. The second-order valence-electron chi connectivity index (χ2n) is 6.27. The zero-order valence-corrected chi connectivity index (χ0v) is 14.6. The van der Waals surface area contributed by atoms with Gasteiger partial charge in [0.25, 0.3) is 0 Å². The molecule has 1 aliphatic rings. The highest BCUT2D eigenvalue weighted by molar-refractivity contribution is 9.11. The Morgan fingerprint density at radius 1 is 1.50 bits per heavy atom. The molecule has 2 rings (SSSR count). The Morgan fingerprint density at radius 2 is 2.20 bits per heavy atom. The highest BCUT2D eigenvalue weighted by atomic mass is 79.9. The van der Waals surface area contributed by atoms with Crippen LogP contribution < -0.4 is 5.32 Å². The zero-order valence-electron chi connectivity index (χ0n) is 12.1. The monoisotopic (exact) mass is 359 g/mol. The highest BCUT2D eigenvalue weighted by Crippen LogP contribution is 2.45. The van der Waals surface area contributed by atoms with Crippen LogP contribution in [0.15, 0.2) is 15.9 Å². The predicted octanol–water partition coefficient (Wildman–Crippen LogP) is 4.13. The molecule has 1 fully saturated rings. The number of carbonyl (C=O) groups is 1. The predicted molar refractivity (Wildman–Crippen MR) is 86.0 cm³/mol. The van der Waals surface area contributed by atoms with E-state index in [0.29, 0.717) is 12.0 Å². The van der Waals surface area contributed by atoms with E-state index in [1.807, 2.05) is 0 Å². The summed E-state index contributed by atoms with van der Waals surface area (Å²) >= 11 is 5.22. The number of rotatable bonds is 4. The van der Waals surface area contributed by atoms with Crippen molar-refractivity contribution in [3.8, 4) is 0 Å². The summed E-state index contributed by atoms with van der Waals surface area (Å²) in [6.07, 6.45) is 1.70. The van der Waals surface area contributed by atoms with Gasteiger partial charge in [0.2, 0.25) is 0 Å². The standard InChI is InChI=1S/C15H22BrNO2S/c1-9-12(17-8-10-4-7-13(16)20-10)6-5-11(14(18)19)15(9,2)3/h4,7,9,11-12,17H,5-6,8H2,1-3H3,(H,18,19). The number of carboxylic acid groups (broad SMARTS) is 1. The van der Waals surface area contributed by atoms with E-state index in [-0.39, 0.29) is 11.3 Å². The van der Waals surface area contributed by atoms with Crippen LogP contribution in [-0.4, -0.2) is 17.1 Å². The molecule has 20 heavy (non-hydrogen) atoms. The molecule has 3 atom stereocenters. The first kappa shape index (κ1) is 16.0. The van der Waals surface area contributed by atoms with Crippen LogP contribution in [0.5, 0.6) is 0 Å². The lowest BCUT2D eigenvalue weighted by Gasteiger charge is -2.46. The van der Waals surface area contributed by atoms with E-state index < -0.39 is 5.97 Å². The Morgan fingerprint density at radius 3 is 2.75 bits per heavy atom. The molecule has 0 radical (unpaired) electrons. The van der Waals surface area contributed by atoms with E-state index in [2.05, 4.69) is 54.2 Å². The Hall–Kier alpha value is -0.390. The van der Waals surface area contributed by atoms with Crippen LogP contribution in [0.4, 0.5) is 0 Å². The van der Waals surface area contributed by atoms with Crippen molar-refractivity contribution in [2.75, 3.05) is 0 Å². The summed E-state index contributed by atoms with van der Waals surface area (Å²) in [6.45, 7) is 7.22. The molecule has 5 heteroatoms. The fourth-order valence-corrected chi connectivity index (χ4v) is 4.64. The van der Waals surface area contributed by atoms with Gasteiger partial charge in [-0.25, -0.2) is 0 Å². The molecule has 0 aromatic carbocycles. The molecule has 0 amide bonds. The molecule has 112 valence electrons. The van der Waals surface area contributed by atoms with Gasteiger partial charge in [0, 0.05) is 17.5 Å². The summed E-state index contributed by atoms with van der Waals surface area (Å²) in [5, 5.41) is 13.0. The van der Waals surface area contributed by atoms with Crippen LogP contribution in [0.1, 0.15) is 38.5 Å². The van der Waals surface area contributed by atoms with Crippen LogP contribution >= 0.6 is 27.3 Å². The first-order valence-corrected chi connectivity index (χ1v) is 8.63. The maximum atomic E-state index is 11.4. The molecule has 2 N–H and O–H groups in total. The van der Waals surface area contributed by atoms with Crippen molar-refractivity contribution in [1.29, 1.82) is 0 Å². The minimum atomic E-state index is -0.650. The van der Waals surface area contributed by atoms with Crippen molar-refractivity contribution in [2.45, 2.75) is 46.2 Å². The number of nitrogens with one attached hydrogen (secondary N) is 1. The van der Waals surface area contributed by atoms with E-state index in [1.54, 1.807) is 11.3 Å². The van der Waals surface area contributed by atoms with E-state index in [4.69, 9.17) is 0 Å². The van der Waals surface area contributed by atoms with Gasteiger partial charge in [-0.3, -0.25) is 4.79 Å². The third kappa shape index (κ3) is 3.26. The average Bonchev–Trinajstić information content (AvgIpc) is 2.76. The summed E-state index contributed by atoms with van der Waals surface area (Å²) in [7, 11) is 0. The van der Waals surface area contributed by atoms with Gasteiger partial charge in [-0.15, -0.1) is 11.3 Å². The summed E-state index contributed by atoms with van der Waals surface area (Å²) in [4.78, 5) is 12.7. The van der Waals surface area contributed by atoms with Crippen molar-refractivity contribution >= 4 is 33.2 Å². The molecule has 0 saturated heterocycles. The van der Waals surface area contributed by atoms with Gasteiger partial charge >= 0.3 is 5.97 Å². The maximum Gasteiger partial charge on any atom is 0.307 e. The SMILES string of the molecule is CC1C(NCc2ccc(Br)s2)CCC(C(=O)O)C1(C)C. The van der Waals surface area contributed by atoms with Crippen molar-refractivity contribution in [1.82, 2.24) is 5.32 Å². The Labute approximate surface area is 132 Å². The van der Waals surface area contributed by atoms with Gasteiger partial charge < -0.3 is 10.4 Å². The van der Waals surface area contributed by atoms with Gasteiger partial charge in [-0.2, -0.15) is 0 Å². The van der Waals surface area contributed by atoms with Crippen LogP contribution in [0.2, 0.25) is 0 Å². The van der Waals surface area contributed by atoms with Gasteiger partial charge in [-0.1, -0.05) is 20.8 Å². The van der Waals surface area contributed by atoms with Crippen LogP contribution in [0.25, 0.3) is 0 Å². The average molecular weight is 360 g/mol. The molecule has 0 bridgehead atoms. The normalized spacial score (nSPS) is 29.3. The molecule has 0 spiro atoms. The fourth-order valence-electron chi connectivity index (χ4n) is 3.20. The first-order valence-electron chi connectivity index (χ1n) is 7.02. The highest BCUT2D eigenvalue weighted by Gasteiger charge is 2.45. The smallest absolute Gasteiger partial charge is 0.307 e. The molecule has 1 aromatic rings.